The first-order valence-corrected chi connectivity index (χ1v) is 7.72. The predicted molar refractivity (Wildman–Crippen MR) is 77.5 cm³/mol. The van der Waals surface area contributed by atoms with Crippen molar-refractivity contribution in [2.24, 2.45) is 0 Å². The van der Waals surface area contributed by atoms with E-state index in [1.165, 1.54) is 51.4 Å². The van der Waals surface area contributed by atoms with Gasteiger partial charge in [0.25, 0.3) is 0 Å². The fourth-order valence-electron chi connectivity index (χ4n) is 2.34. The van der Waals surface area contributed by atoms with Gasteiger partial charge in [0.15, 0.2) is 0 Å². The van der Waals surface area contributed by atoms with Crippen molar-refractivity contribution in [1.29, 1.82) is 0 Å². The van der Waals surface area contributed by atoms with Crippen LogP contribution in [0.15, 0.2) is 0 Å². The average molecular weight is 242 g/mol. The molecule has 0 aliphatic heterocycles. The van der Waals surface area contributed by atoms with E-state index in [1.54, 1.807) is 0 Å². The minimum absolute atomic E-state index is 0.109. The zero-order chi connectivity index (χ0) is 13.1. The minimum Gasteiger partial charge on any atom is -0.373 e. The molecule has 0 N–H and O–H groups in total. The van der Waals surface area contributed by atoms with Gasteiger partial charge in [-0.05, 0) is 33.6 Å². The van der Waals surface area contributed by atoms with Gasteiger partial charge in [-0.1, -0.05) is 58.8 Å². The lowest BCUT2D eigenvalue weighted by molar-refractivity contribution is -0.0763. The first-order chi connectivity index (χ1) is 8.04. The Morgan fingerprint density at radius 2 is 1.41 bits per heavy atom. The molecule has 0 spiro atoms. The van der Waals surface area contributed by atoms with E-state index in [-0.39, 0.29) is 5.60 Å². The third-order valence-corrected chi connectivity index (χ3v) is 3.58. The number of ether oxygens (including phenoxy) is 1. The Hall–Kier alpha value is -0.0400. The first kappa shape index (κ1) is 17.0. The normalized spacial score (nSPS) is 15.2. The minimum atomic E-state index is 0.109. The average Bonchev–Trinajstić information content (AvgIpc) is 2.27. The lowest BCUT2D eigenvalue weighted by Gasteiger charge is -2.31. The fraction of sp³-hybridized carbons (Fsp3) is 1.00. The van der Waals surface area contributed by atoms with E-state index in [1.807, 2.05) is 0 Å². The van der Waals surface area contributed by atoms with Crippen LogP contribution in [0.1, 0.15) is 92.4 Å². The largest absolute Gasteiger partial charge is 0.373 e. The number of unbranched alkanes of at least 4 members (excludes halogenated alkanes) is 6. The van der Waals surface area contributed by atoms with Gasteiger partial charge in [-0.3, -0.25) is 0 Å². The van der Waals surface area contributed by atoms with Gasteiger partial charge in [-0.25, -0.2) is 0 Å². The van der Waals surface area contributed by atoms with Crippen LogP contribution in [0, 0.1) is 0 Å². The van der Waals surface area contributed by atoms with Crippen LogP contribution in [0.25, 0.3) is 0 Å². The smallest absolute Gasteiger partial charge is 0.0655 e. The highest BCUT2D eigenvalue weighted by molar-refractivity contribution is 4.74. The molecule has 0 radical (unpaired) electrons. The molecule has 0 rings (SSSR count). The molecule has 0 bridgehead atoms. The second-order valence-electron chi connectivity index (χ2n) is 5.84. The summed E-state index contributed by atoms with van der Waals surface area (Å²) in [6.45, 7) is 11.1. The highest BCUT2D eigenvalue weighted by Crippen LogP contribution is 2.25. The summed E-state index contributed by atoms with van der Waals surface area (Å²) in [7, 11) is 0. The molecule has 0 amide bonds. The van der Waals surface area contributed by atoms with Crippen LogP contribution in [0.2, 0.25) is 0 Å². The third kappa shape index (κ3) is 9.64. The molecule has 0 aliphatic rings. The Morgan fingerprint density at radius 1 is 0.882 bits per heavy atom. The second kappa shape index (κ2) is 9.94. The summed E-state index contributed by atoms with van der Waals surface area (Å²) in [6.07, 6.45) is 12.4. The van der Waals surface area contributed by atoms with Gasteiger partial charge < -0.3 is 4.74 Å². The summed E-state index contributed by atoms with van der Waals surface area (Å²) in [5.41, 5.74) is 0.109. The van der Waals surface area contributed by atoms with E-state index in [4.69, 9.17) is 4.74 Å². The van der Waals surface area contributed by atoms with Crippen molar-refractivity contribution in [3.8, 4) is 0 Å². The van der Waals surface area contributed by atoms with Crippen LogP contribution in [-0.4, -0.2) is 11.7 Å². The SMILES string of the molecule is CCCCCCCCCC(C)(CC)OC(C)C. The standard InChI is InChI=1S/C16H34O/c1-6-8-9-10-11-12-13-14-16(5,7-2)17-15(3)4/h15H,6-14H2,1-5H3. The Bertz CT molecular complexity index is 165. The van der Waals surface area contributed by atoms with E-state index < -0.39 is 0 Å². The maximum absolute atomic E-state index is 6.03. The van der Waals surface area contributed by atoms with Gasteiger partial charge >= 0.3 is 0 Å². The second-order valence-corrected chi connectivity index (χ2v) is 5.84. The van der Waals surface area contributed by atoms with Gasteiger partial charge in [-0.2, -0.15) is 0 Å². The van der Waals surface area contributed by atoms with Crippen LogP contribution in [0.3, 0.4) is 0 Å². The molecule has 0 fully saturated rings. The number of rotatable bonds is 11. The van der Waals surface area contributed by atoms with Gasteiger partial charge in [0.1, 0.15) is 0 Å². The highest BCUT2D eigenvalue weighted by atomic mass is 16.5. The molecule has 0 aromatic carbocycles. The Labute approximate surface area is 109 Å². The van der Waals surface area contributed by atoms with Crippen LogP contribution in [-0.2, 0) is 4.74 Å². The molecule has 0 aromatic heterocycles. The molecule has 1 unspecified atom stereocenters. The quantitative estimate of drug-likeness (QED) is 0.421. The number of hydrogen-bond donors (Lipinski definition) is 0. The zero-order valence-electron chi connectivity index (χ0n) is 12.8. The molecule has 1 atom stereocenters. The van der Waals surface area contributed by atoms with Crippen LogP contribution >= 0.6 is 0 Å². The topological polar surface area (TPSA) is 9.23 Å². The van der Waals surface area contributed by atoms with E-state index in [0.29, 0.717) is 6.10 Å². The van der Waals surface area contributed by atoms with Crippen LogP contribution in [0.5, 0.6) is 0 Å². The molecule has 0 saturated carbocycles. The van der Waals surface area contributed by atoms with Crippen molar-refractivity contribution >= 4 is 0 Å². The van der Waals surface area contributed by atoms with Crippen molar-refractivity contribution in [1.82, 2.24) is 0 Å². The van der Waals surface area contributed by atoms with Crippen molar-refractivity contribution in [2.75, 3.05) is 0 Å². The molecular formula is C16H34O. The maximum atomic E-state index is 6.03. The summed E-state index contributed by atoms with van der Waals surface area (Å²) in [4.78, 5) is 0. The Balaban J connectivity index is 3.55. The lowest BCUT2D eigenvalue weighted by Crippen LogP contribution is -2.30. The molecule has 0 saturated heterocycles. The summed E-state index contributed by atoms with van der Waals surface area (Å²) >= 11 is 0. The van der Waals surface area contributed by atoms with E-state index in [0.717, 1.165) is 6.42 Å². The van der Waals surface area contributed by atoms with Gasteiger partial charge in [0.2, 0.25) is 0 Å². The number of hydrogen-bond acceptors (Lipinski definition) is 1. The van der Waals surface area contributed by atoms with Crippen molar-refractivity contribution in [2.45, 2.75) is 104 Å². The van der Waals surface area contributed by atoms with Crippen molar-refractivity contribution in [3.05, 3.63) is 0 Å². The monoisotopic (exact) mass is 242 g/mol. The van der Waals surface area contributed by atoms with Crippen molar-refractivity contribution < 1.29 is 4.74 Å². The van der Waals surface area contributed by atoms with E-state index >= 15 is 0 Å². The molecule has 0 heterocycles. The fourth-order valence-corrected chi connectivity index (χ4v) is 2.34. The van der Waals surface area contributed by atoms with Gasteiger partial charge in [0, 0.05) is 0 Å². The molecular weight excluding hydrogens is 208 g/mol. The highest BCUT2D eigenvalue weighted by Gasteiger charge is 2.23. The summed E-state index contributed by atoms with van der Waals surface area (Å²) in [6, 6.07) is 0. The molecule has 1 heteroatoms. The summed E-state index contributed by atoms with van der Waals surface area (Å²) in [5.74, 6) is 0. The van der Waals surface area contributed by atoms with Crippen molar-refractivity contribution in [3.63, 3.8) is 0 Å². The first-order valence-electron chi connectivity index (χ1n) is 7.72. The maximum Gasteiger partial charge on any atom is 0.0655 e. The van der Waals surface area contributed by atoms with Gasteiger partial charge in [-0.15, -0.1) is 0 Å². The third-order valence-electron chi connectivity index (χ3n) is 3.58. The summed E-state index contributed by atoms with van der Waals surface area (Å²) in [5, 5.41) is 0. The molecule has 104 valence electrons. The Morgan fingerprint density at radius 3 is 1.88 bits per heavy atom. The van der Waals surface area contributed by atoms with Crippen LogP contribution < -0.4 is 0 Å². The predicted octanol–water partition coefficient (Wildman–Crippen LogP) is 5.72. The molecule has 0 aromatic rings. The zero-order valence-corrected chi connectivity index (χ0v) is 12.8. The van der Waals surface area contributed by atoms with Gasteiger partial charge in [0.05, 0.1) is 11.7 Å². The van der Waals surface area contributed by atoms with E-state index in [2.05, 4.69) is 34.6 Å². The Kier molecular flexibility index (Phi) is 9.91. The summed E-state index contributed by atoms with van der Waals surface area (Å²) < 4.78 is 6.03. The molecule has 1 nitrogen and oxygen atoms in total. The van der Waals surface area contributed by atoms with E-state index in [9.17, 15) is 0 Å². The molecule has 17 heavy (non-hydrogen) atoms. The van der Waals surface area contributed by atoms with Crippen LogP contribution in [0.4, 0.5) is 0 Å². The lowest BCUT2D eigenvalue weighted by atomic mass is 9.94. The molecule has 0 aliphatic carbocycles.